The molecule has 0 fully saturated rings. The quantitative estimate of drug-likeness (QED) is 0.268. The largest absolute Gasteiger partial charge is 0.316 e. The van der Waals surface area contributed by atoms with Crippen LogP contribution in [0.1, 0.15) is 0 Å². The Kier molecular flexibility index (Phi) is 24.4. The van der Waals surface area contributed by atoms with Crippen LogP contribution in [-0.4, -0.2) is 81.1 Å². The first-order valence-electron chi connectivity index (χ1n) is 0.894. The van der Waals surface area contributed by atoms with Gasteiger partial charge in [0.25, 0.3) is 0 Å². The average molecular weight is 163 g/mol. The molecular weight excluding hydrogens is 151 g/mol. The Morgan fingerprint density at radius 1 is 0.875 bits per heavy atom. The third kappa shape index (κ3) is 125. The van der Waals surface area contributed by atoms with E-state index in [1.54, 1.807) is 0 Å². The minimum absolute atomic E-state index is 0. The van der Waals surface area contributed by atoms with Crippen molar-refractivity contribution in [3.63, 3.8) is 0 Å². The van der Waals surface area contributed by atoms with E-state index >= 15 is 0 Å². The molecular formula is H11LiMgO4Si2. The molecule has 0 rings (SSSR count). The van der Waals surface area contributed by atoms with Crippen LogP contribution in [0.4, 0.5) is 0 Å². The van der Waals surface area contributed by atoms with Crippen molar-refractivity contribution in [2.24, 2.45) is 0 Å². The van der Waals surface area contributed by atoms with E-state index < -0.39 is 9.05 Å². The second kappa shape index (κ2) is 8.64. The third-order valence-electron chi connectivity index (χ3n) is 0. The third-order valence-corrected chi connectivity index (χ3v) is 0. The van der Waals surface area contributed by atoms with Gasteiger partial charge in [0.15, 0.2) is 0 Å². The van der Waals surface area contributed by atoms with E-state index in [9.17, 15) is 0 Å². The predicted molar refractivity (Wildman–Crippen MR) is 41.7 cm³/mol. The molecule has 0 aromatic carbocycles. The minimum atomic E-state index is -4.61. The summed E-state index contributed by atoms with van der Waals surface area (Å²) in [5.74, 6) is 0. The first-order valence-corrected chi connectivity index (χ1v) is 2.68. The summed E-state index contributed by atoms with van der Waals surface area (Å²) in [6.45, 7) is 0. The van der Waals surface area contributed by atoms with Crippen molar-refractivity contribution in [1.29, 1.82) is 0 Å². The standard InChI is InChI=1S/Li.Mg.H4O4Si.H4Si.3H/c;;1-5(2,3)4;;;;/h;;1-4H;1H4;;;. The molecule has 0 aliphatic rings. The minimum Gasteiger partial charge on any atom is -0.0149 e. The maximum Gasteiger partial charge on any atom is 0.316 e. The summed E-state index contributed by atoms with van der Waals surface area (Å²) >= 11 is 0. The van der Waals surface area contributed by atoms with E-state index in [0.29, 0.717) is 0 Å². The van der Waals surface area contributed by atoms with Gasteiger partial charge in [0.05, 0.1) is 0 Å². The normalized spacial score (nSPS) is 7.50. The van der Waals surface area contributed by atoms with Crippen molar-refractivity contribution in [3.8, 4) is 0 Å². The van der Waals surface area contributed by atoms with Gasteiger partial charge >= 0.3 is 51.0 Å². The Balaban J connectivity index is -0.0000000267. The summed E-state index contributed by atoms with van der Waals surface area (Å²) in [6, 6.07) is 0. The molecule has 46 valence electrons. The molecule has 0 aliphatic heterocycles. The monoisotopic (exact) mass is 162 g/mol. The molecule has 0 aromatic heterocycles. The molecule has 0 saturated heterocycles. The van der Waals surface area contributed by atoms with Crippen LogP contribution in [0.5, 0.6) is 0 Å². The molecule has 0 unspecified atom stereocenters. The zero-order chi connectivity index (χ0) is 4.50. The molecule has 0 bridgehead atoms. The Bertz CT molecular complexity index is 29.5. The summed E-state index contributed by atoms with van der Waals surface area (Å²) in [6.07, 6.45) is 0. The molecule has 4 N–H and O–H groups in total. The van der Waals surface area contributed by atoms with Gasteiger partial charge in [-0.3, -0.25) is 0 Å². The van der Waals surface area contributed by atoms with Crippen molar-refractivity contribution in [2.75, 3.05) is 0 Å². The number of rotatable bonds is 0. The van der Waals surface area contributed by atoms with Gasteiger partial charge in [-0.25, -0.2) is 0 Å². The number of hydrogen-bond donors (Lipinski definition) is 4. The summed E-state index contributed by atoms with van der Waals surface area (Å²) in [5.41, 5.74) is 0. The molecule has 0 aliphatic carbocycles. The molecule has 8 heavy (non-hydrogen) atoms. The van der Waals surface area contributed by atoms with Gasteiger partial charge in [-0.2, -0.15) is 0 Å². The van der Waals surface area contributed by atoms with Gasteiger partial charge < -0.3 is 19.2 Å². The van der Waals surface area contributed by atoms with Gasteiger partial charge in [-0.05, 0) is 11.0 Å². The zero-order valence-electron chi connectivity index (χ0n) is 2.29. The predicted octanol–water partition coefficient (Wildman–Crippen LogP) is -5.63. The van der Waals surface area contributed by atoms with Crippen LogP contribution in [0.2, 0.25) is 0 Å². The van der Waals surface area contributed by atoms with Crippen molar-refractivity contribution < 1.29 is 19.2 Å². The fourth-order valence-electron chi connectivity index (χ4n) is 0. The van der Waals surface area contributed by atoms with Crippen LogP contribution in [0.25, 0.3) is 0 Å². The Morgan fingerprint density at radius 2 is 0.875 bits per heavy atom. The van der Waals surface area contributed by atoms with Crippen LogP contribution in [0, 0.1) is 0 Å². The van der Waals surface area contributed by atoms with Crippen LogP contribution in [0.3, 0.4) is 0 Å². The average Bonchev–Trinajstić information content (AvgIpc) is 0.722. The smallest absolute Gasteiger partial charge is 0.0149 e. The topological polar surface area (TPSA) is 80.9 Å². The second-order valence-electron chi connectivity index (χ2n) is 0.600. The molecule has 0 amide bonds. The van der Waals surface area contributed by atoms with E-state index in [1.807, 2.05) is 0 Å². The maximum absolute atomic E-state index is 7.33. The fourth-order valence-corrected chi connectivity index (χ4v) is 0. The Labute approximate surface area is 80.8 Å². The Morgan fingerprint density at radius 3 is 0.875 bits per heavy atom. The maximum atomic E-state index is 7.33. The van der Waals surface area contributed by atoms with E-state index in [4.69, 9.17) is 19.2 Å². The van der Waals surface area contributed by atoms with Crippen molar-refractivity contribution in [2.45, 2.75) is 0 Å². The first kappa shape index (κ1) is 22.6. The molecule has 0 atom stereocenters. The SMILES string of the molecule is O[Si](O)(O)O.[LiH].[MgH2].[SiH4]. The van der Waals surface area contributed by atoms with Gasteiger partial charge in [0.2, 0.25) is 0 Å². The Hall–Kier alpha value is 1.64. The van der Waals surface area contributed by atoms with Gasteiger partial charge in [0.1, 0.15) is 0 Å². The summed E-state index contributed by atoms with van der Waals surface area (Å²) < 4.78 is 0. The van der Waals surface area contributed by atoms with Crippen molar-refractivity contribution in [3.05, 3.63) is 0 Å². The second-order valence-corrected chi connectivity index (χ2v) is 1.80. The molecule has 8 heteroatoms. The summed E-state index contributed by atoms with van der Waals surface area (Å²) in [7, 11) is -4.61. The molecule has 4 nitrogen and oxygen atoms in total. The first-order chi connectivity index (χ1) is 2.00. The van der Waals surface area contributed by atoms with Crippen LogP contribution in [0.15, 0.2) is 0 Å². The van der Waals surface area contributed by atoms with Gasteiger partial charge in [-0.15, -0.1) is 0 Å². The van der Waals surface area contributed by atoms with Crippen LogP contribution < -0.4 is 0 Å². The van der Waals surface area contributed by atoms with Crippen molar-refractivity contribution in [1.82, 2.24) is 0 Å². The molecule has 0 radical (unpaired) electrons. The van der Waals surface area contributed by atoms with E-state index in [2.05, 4.69) is 0 Å². The number of hydrogen-bond acceptors (Lipinski definition) is 4. The molecule has 0 aromatic rings. The fraction of sp³-hybridized carbons (Fsp3) is 0. The molecule has 0 saturated carbocycles. The van der Waals surface area contributed by atoms with Gasteiger partial charge in [-0.1, -0.05) is 0 Å². The summed E-state index contributed by atoms with van der Waals surface area (Å²) in [5, 5.41) is 0. The molecule has 0 spiro atoms. The van der Waals surface area contributed by atoms with Gasteiger partial charge in [0, 0.05) is 0 Å². The summed E-state index contributed by atoms with van der Waals surface area (Å²) in [4.78, 5) is 29.3. The van der Waals surface area contributed by atoms with Crippen molar-refractivity contribution >= 4 is 61.9 Å². The zero-order valence-corrected chi connectivity index (χ0v) is 3.29. The van der Waals surface area contributed by atoms with Crippen LogP contribution >= 0.6 is 0 Å². The molecule has 0 heterocycles. The van der Waals surface area contributed by atoms with E-state index in [-0.39, 0.29) is 52.9 Å². The van der Waals surface area contributed by atoms with E-state index in [0.717, 1.165) is 0 Å². The van der Waals surface area contributed by atoms with E-state index in [1.165, 1.54) is 0 Å². The van der Waals surface area contributed by atoms with Crippen LogP contribution in [-0.2, 0) is 0 Å².